The van der Waals surface area contributed by atoms with E-state index < -0.39 is 5.82 Å². The minimum atomic E-state index is -0.437. The first-order valence-corrected chi connectivity index (χ1v) is 10.7. The number of hydrogen-bond donors (Lipinski definition) is 0. The van der Waals surface area contributed by atoms with Gasteiger partial charge in [-0.05, 0) is 42.7 Å². The second-order valence-electron chi connectivity index (χ2n) is 7.28. The van der Waals surface area contributed by atoms with Gasteiger partial charge in [0.05, 0.1) is 18.6 Å². The number of carbonyl (C=O) groups is 1. The van der Waals surface area contributed by atoms with Gasteiger partial charge in [0, 0.05) is 19.5 Å². The van der Waals surface area contributed by atoms with Gasteiger partial charge in [-0.1, -0.05) is 36.0 Å². The molecule has 0 radical (unpaired) electrons. The van der Waals surface area contributed by atoms with Crippen LogP contribution in [0.25, 0.3) is 5.69 Å². The summed E-state index contributed by atoms with van der Waals surface area (Å²) in [6.45, 7) is 0.319. The van der Waals surface area contributed by atoms with Crippen molar-refractivity contribution in [2.45, 2.75) is 30.5 Å². The fourth-order valence-corrected chi connectivity index (χ4v) is 3.91. The summed E-state index contributed by atoms with van der Waals surface area (Å²) in [6.07, 6.45) is 2.24. The smallest absolute Gasteiger partial charge is 0.233 e. The van der Waals surface area contributed by atoms with E-state index >= 15 is 0 Å². The Hall–Kier alpha value is -2.87. The zero-order valence-corrected chi connectivity index (χ0v) is 17.7. The van der Waals surface area contributed by atoms with Crippen LogP contribution in [0.15, 0.2) is 53.7 Å². The molecule has 0 saturated heterocycles. The first-order chi connectivity index (χ1) is 14.5. The predicted molar refractivity (Wildman–Crippen MR) is 113 cm³/mol. The lowest BCUT2D eigenvalue weighted by Gasteiger charge is -2.17. The lowest BCUT2D eigenvalue weighted by molar-refractivity contribution is -0.127. The van der Waals surface area contributed by atoms with Crippen LogP contribution in [0.4, 0.5) is 4.39 Å². The first kappa shape index (κ1) is 20.4. The van der Waals surface area contributed by atoms with Crippen molar-refractivity contribution in [1.82, 2.24) is 19.7 Å². The van der Waals surface area contributed by atoms with Crippen molar-refractivity contribution in [3.05, 3.63) is 65.7 Å². The quantitative estimate of drug-likeness (QED) is 0.509. The van der Waals surface area contributed by atoms with Crippen molar-refractivity contribution >= 4 is 17.7 Å². The van der Waals surface area contributed by atoms with Crippen LogP contribution in [-0.2, 0) is 11.3 Å². The number of para-hydroxylation sites is 1. The molecule has 0 aliphatic heterocycles. The Balaban J connectivity index is 1.39. The minimum Gasteiger partial charge on any atom is -0.494 e. The van der Waals surface area contributed by atoms with Crippen molar-refractivity contribution in [2.24, 2.45) is 0 Å². The van der Waals surface area contributed by atoms with Gasteiger partial charge >= 0.3 is 0 Å². The molecule has 0 bridgehead atoms. The fourth-order valence-electron chi connectivity index (χ4n) is 3.14. The van der Waals surface area contributed by atoms with Gasteiger partial charge in [0.25, 0.3) is 0 Å². The number of methoxy groups -OCH3 is 1. The summed E-state index contributed by atoms with van der Waals surface area (Å²) in [7, 11) is 3.13. The Morgan fingerprint density at radius 1 is 1.27 bits per heavy atom. The molecule has 1 amide bonds. The second kappa shape index (κ2) is 8.87. The highest BCUT2D eigenvalue weighted by Gasteiger charge is 2.30. The summed E-state index contributed by atoms with van der Waals surface area (Å²) in [5, 5.41) is 5.22. The van der Waals surface area contributed by atoms with Crippen molar-refractivity contribution in [2.75, 3.05) is 19.9 Å². The molecule has 0 atom stereocenters. The molecule has 1 aromatic heterocycles. The zero-order chi connectivity index (χ0) is 21.1. The first-order valence-electron chi connectivity index (χ1n) is 9.76. The van der Waals surface area contributed by atoms with E-state index in [9.17, 15) is 9.18 Å². The molecule has 8 heteroatoms. The average molecular weight is 427 g/mol. The second-order valence-corrected chi connectivity index (χ2v) is 8.22. The van der Waals surface area contributed by atoms with E-state index in [1.807, 2.05) is 35.0 Å². The molecular weight excluding hydrogens is 403 g/mol. The number of ether oxygens (including phenoxy) is 1. The summed E-state index contributed by atoms with van der Waals surface area (Å²) in [5.41, 5.74) is 1.68. The van der Waals surface area contributed by atoms with Gasteiger partial charge in [-0.25, -0.2) is 14.1 Å². The molecule has 1 heterocycles. The number of amides is 1. The van der Waals surface area contributed by atoms with Crippen LogP contribution in [-0.4, -0.2) is 45.5 Å². The summed E-state index contributed by atoms with van der Waals surface area (Å²) >= 11 is 1.32. The zero-order valence-electron chi connectivity index (χ0n) is 16.9. The van der Waals surface area contributed by atoms with Gasteiger partial charge < -0.3 is 9.64 Å². The molecule has 6 nitrogen and oxygen atoms in total. The molecule has 2 aromatic carbocycles. The van der Waals surface area contributed by atoms with Gasteiger partial charge in [-0.3, -0.25) is 4.79 Å². The third-order valence-electron chi connectivity index (χ3n) is 4.94. The van der Waals surface area contributed by atoms with Crippen LogP contribution >= 0.6 is 11.8 Å². The average Bonchev–Trinajstić information content (AvgIpc) is 3.52. The Bertz CT molecular complexity index is 1040. The molecule has 156 valence electrons. The number of benzene rings is 2. The van der Waals surface area contributed by atoms with Gasteiger partial charge in [0.15, 0.2) is 11.6 Å². The highest BCUT2D eigenvalue weighted by Crippen LogP contribution is 2.40. The van der Waals surface area contributed by atoms with Crippen LogP contribution in [0.2, 0.25) is 0 Å². The highest BCUT2D eigenvalue weighted by atomic mass is 32.2. The van der Waals surface area contributed by atoms with Gasteiger partial charge in [0.2, 0.25) is 11.1 Å². The summed E-state index contributed by atoms with van der Waals surface area (Å²) < 4.78 is 20.7. The van der Waals surface area contributed by atoms with Crippen molar-refractivity contribution in [1.29, 1.82) is 0 Å². The molecule has 0 unspecified atom stereocenters. The Morgan fingerprint density at radius 2 is 2.03 bits per heavy atom. The van der Waals surface area contributed by atoms with E-state index in [1.54, 1.807) is 24.1 Å². The van der Waals surface area contributed by atoms with Gasteiger partial charge in [0.1, 0.15) is 5.82 Å². The van der Waals surface area contributed by atoms with E-state index in [2.05, 4.69) is 10.1 Å². The summed E-state index contributed by atoms with van der Waals surface area (Å²) in [6, 6.07) is 14.6. The summed E-state index contributed by atoms with van der Waals surface area (Å²) in [5.74, 6) is 1.30. The fraction of sp³-hybridized carbons (Fsp3) is 0.318. The molecular formula is C22H23FN4O2S. The molecule has 1 fully saturated rings. The van der Waals surface area contributed by atoms with Crippen LogP contribution in [0.5, 0.6) is 5.75 Å². The number of nitrogens with zero attached hydrogens (tertiary/aromatic N) is 4. The monoisotopic (exact) mass is 426 g/mol. The van der Waals surface area contributed by atoms with Crippen LogP contribution in [0.3, 0.4) is 0 Å². The Kier molecular flexibility index (Phi) is 6.03. The van der Waals surface area contributed by atoms with E-state index in [-0.39, 0.29) is 17.4 Å². The number of rotatable bonds is 8. The molecule has 1 aliphatic carbocycles. The van der Waals surface area contributed by atoms with Crippen LogP contribution in [0, 0.1) is 5.82 Å². The SMILES string of the molecule is COc1ccc(CN(C)C(=O)CSc2nc(C3CC3)n(-c3ccccc3)n2)cc1F. The Labute approximate surface area is 179 Å². The lowest BCUT2D eigenvalue weighted by Crippen LogP contribution is -2.27. The molecule has 30 heavy (non-hydrogen) atoms. The lowest BCUT2D eigenvalue weighted by atomic mass is 10.2. The molecule has 1 saturated carbocycles. The van der Waals surface area contributed by atoms with Crippen LogP contribution < -0.4 is 4.74 Å². The topological polar surface area (TPSA) is 60.2 Å². The minimum absolute atomic E-state index is 0.0692. The molecule has 3 aromatic rings. The largest absolute Gasteiger partial charge is 0.494 e. The van der Waals surface area contributed by atoms with Gasteiger partial charge in [-0.15, -0.1) is 5.10 Å². The number of halogens is 1. The normalized spacial score (nSPS) is 13.3. The summed E-state index contributed by atoms with van der Waals surface area (Å²) in [4.78, 5) is 18.8. The maximum Gasteiger partial charge on any atom is 0.233 e. The van der Waals surface area contributed by atoms with Crippen molar-refractivity contribution in [3.63, 3.8) is 0 Å². The van der Waals surface area contributed by atoms with E-state index in [4.69, 9.17) is 4.74 Å². The third-order valence-corrected chi connectivity index (χ3v) is 5.76. The number of hydrogen-bond acceptors (Lipinski definition) is 5. The van der Waals surface area contributed by atoms with Crippen molar-refractivity contribution in [3.8, 4) is 11.4 Å². The number of aromatic nitrogens is 3. The molecule has 0 spiro atoms. The van der Waals surface area contributed by atoms with Crippen LogP contribution in [0.1, 0.15) is 30.1 Å². The van der Waals surface area contributed by atoms with E-state index in [1.165, 1.54) is 24.9 Å². The maximum absolute atomic E-state index is 13.9. The maximum atomic E-state index is 13.9. The molecule has 0 N–H and O–H groups in total. The highest BCUT2D eigenvalue weighted by molar-refractivity contribution is 7.99. The number of carbonyl (C=O) groups excluding carboxylic acids is 1. The molecule has 4 rings (SSSR count). The van der Waals surface area contributed by atoms with Crippen molar-refractivity contribution < 1.29 is 13.9 Å². The standard InChI is InChI=1S/C22H23FN4O2S/c1-26(13-15-8-11-19(29-2)18(23)12-15)20(28)14-30-22-24-21(16-9-10-16)27(25-22)17-6-4-3-5-7-17/h3-8,11-12,16H,9-10,13-14H2,1-2H3. The third kappa shape index (κ3) is 4.64. The number of thioether (sulfide) groups is 1. The van der Waals surface area contributed by atoms with Gasteiger partial charge in [-0.2, -0.15) is 0 Å². The molecule has 1 aliphatic rings. The van der Waals surface area contributed by atoms with E-state index in [0.717, 1.165) is 24.4 Å². The predicted octanol–water partition coefficient (Wildman–Crippen LogP) is 4.04. The Morgan fingerprint density at radius 3 is 2.70 bits per heavy atom. The van der Waals surface area contributed by atoms with E-state index in [0.29, 0.717) is 23.2 Å².